The van der Waals surface area contributed by atoms with Crippen molar-refractivity contribution >= 4 is 23.8 Å². The van der Waals surface area contributed by atoms with Crippen molar-refractivity contribution in [3.63, 3.8) is 0 Å². The molecule has 0 aliphatic rings. The lowest BCUT2D eigenvalue weighted by Gasteiger charge is -1.99. The number of thioether (sulfide) groups is 1. The third-order valence-corrected chi connectivity index (χ3v) is 3.82. The van der Waals surface area contributed by atoms with Gasteiger partial charge in [0.25, 0.3) is 0 Å². The molecule has 3 heteroatoms. The van der Waals surface area contributed by atoms with Crippen molar-refractivity contribution in [3.05, 3.63) is 71.8 Å². The zero-order valence-electron chi connectivity index (χ0n) is 13.0. The number of rotatable bonds is 5. The summed E-state index contributed by atoms with van der Waals surface area (Å²) in [6, 6.07) is 17.9. The molecule has 0 bridgehead atoms. The number of ether oxygens (including phenoxy) is 1. The summed E-state index contributed by atoms with van der Waals surface area (Å²) in [5.41, 5.74) is 1.82. The molecule has 2 nitrogen and oxygen atoms in total. The third kappa shape index (κ3) is 6.06. The lowest BCUT2D eigenvalue weighted by Crippen LogP contribution is -1.98. The van der Waals surface area contributed by atoms with Gasteiger partial charge in [0.2, 0.25) is 0 Å². The van der Waals surface area contributed by atoms with E-state index in [4.69, 9.17) is 4.74 Å². The van der Waals surface area contributed by atoms with Crippen molar-refractivity contribution in [2.45, 2.75) is 11.8 Å². The van der Waals surface area contributed by atoms with E-state index in [1.165, 1.54) is 11.0 Å². The largest absolute Gasteiger partial charge is 0.463 e. The summed E-state index contributed by atoms with van der Waals surface area (Å²) < 4.78 is 4.89. The van der Waals surface area contributed by atoms with Crippen molar-refractivity contribution in [1.82, 2.24) is 0 Å². The summed E-state index contributed by atoms with van der Waals surface area (Å²) in [6.45, 7) is 2.16. The van der Waals surface area contributed by atoms with Crippen molar-refractivity contribution in [3.8, 4) is 11.8 Å². The minimum Gasteiger partial charge on any atom is -0.463 e. The maximum atomic E-state index is 11.4. The highest BCUT2D eigenvalue weighted by Crippen LogP contribution is 2.16. The van der Waals surface area contributed by atoms with Gasteiger partial charge in [-0.3, -0.25) is 0 Å². The van der Waals surface area contributed by atoms with E-state index in [-0.39, 0.29) is 5.97 Å². The number of hydrogen-bond acceptors (Lipinski definition) is 3. The fourth-order valence-corrected chi connectivity index (χ4v) is 2.53. The summed E-state index contributed by atoms with van der Waals surface area (Å²) in [5.74, 6) is 6.72. The second-order valence-electron chi connectivity index (χ2n) is 4.58. The smallest absolute Gasteiger partial charge is 0.330 e. The van der Waals surface area contributed by atoms with Gasteiger partial charge in [-0.15, -0.1) is 11.8 Å². The van der Waals surface area contributed by atoms with Gasteiger partial charge in [0.15, 0.2) is 0 Å². The van der Waals surface area contributed by atoms with E-state index < -0.39 is 0 Å². The molecule has 0 saturated carbocycles. The quantitative estimate of drug-likeness (QED) is 0.353. The number of carbonyl (C=O) groups excluding carboxylic acids is 1. The molecule has 0 saturated heterocycles. The Labute approximate surface area is 141 Å². The minimum absolute atomic E-state index is 0.338. The Balaban J connectivity index is 2.00. The van der Waals surface area contributed by atoms with Gasteiger partial charge in [-0.05, 0) is 36.8 Å². The first-order valence-electron chi connectivity index (χ1n) is 7.40. The maximum Gasteiger partial charge on any atom is 0.330 e. The Hall–Kier alpha value is -2.44. The van der Waals surface area contributed by atoms with Gasteiger partial charge in [0, 0.05) is 16.5 Å². The average molecular weight is 322 g/mol. The molecular formula is C20H18O2S. The monoisotopic (exact) mass is 322 g/mol. The summed E-state index contributed by atoms with van der Waals surface area (Å²) in [5, 5.41) is 0. The molecule has 0 fully saturated rings. The second kappa shape index (κ2) is 9.55. The number of hydrogen-bond donors (Lipinski definition) is 0. The van der Waals surface area contributed by atoms with E-state index in [1.54, 1.807) is 24.8 Å². The normalized spacial score (nSPS) is 10.1. The van der Waals surface area contributed by atoms with Gasteiger partial charge in [-0.1, -0.05) is 48.2 Å². The first kappa shape index (κ1) is 16.9. The fourth-order valence-electron chi connectivity index (χ4n) is 1.87. The Morgan fingerprint density at radius 2 is 1.87 bits per heavy atom. The predicted octanol–water partition coefficient (Wildman–Crippen LogP) is 4.41. The average Bonchev–Trinajstić information content (AvgIpc) is 2.59. The van der Waals surface area contributed by atoms with Crippen LogP contribution in [0.25, 0.3) is 6.08 Å². The zero-order valence-corrected chi connectivity index (χ0v) is 13.8. The maximum absolute atomic E-state index is 11.4. The first-order chi connectivity index (χ1) is 11.3. The Morgan fingerprint density at radius 3 is 2.65 bits per heavy atom. The van der Waals surface area contributed by atoms with Crippen LogP contribution in [0.1, 0.15) is 18.1 Å². The molecule has 0 heterocycles. The van der Waals surface area contributed by atoms with E-state index in [9.17, 15) is 4.79 Å². The highest BCUT2D eigenvalue weighted by molar-refractivity contribution is 7.99. The number of carbonyl (C=O) groups is 1. The van der Waals surface area contributed by atoms with Crippen molar-refractivity contribution < 1.29 is 9.53 Å². The van der Waals surface area contributed by atoms with Crippen LogP contribution in [0.15, 0.2) is 65.6 Å². The molecule has 2 aromatic rings. The second-order valence-corrected chi connectivity index (χ2v) is 5.62. The van der Waals surface area contributed by atoms with Crippen molar-refractivity contribution in [2.75, 3.05) is 12.4 Å². The molecule has 0 aliphatic heterocycles. The standard InChI is InChI=1S/C20H18O2S/c1-2-22-20(21)15-14-18-10-7-6-9-17(18)11-8-16-23-19-12-4-3-5-13-19/h3-7,9-10,12-15H,2,16H2,1H3/b15-14+. The van der Waals surface area contributed by atoms with E-state index in [0.29, 0.717) is 6.61 Å². The summed E-state index contributed by atoms with van der Waals surface area (Å²) in [7, 11) is 0. The SMILES string of the molecule is CCOC(=O)/C=C/c1ccccc1C#CCSc1ccccc1. The number of benzene rings is 2. The van der Waals surface area contributed by atoms with Crippen LogP contribution in [0, 0.1) is 11.8 Å². The molecule has 0 radical (unpaired) electrons. The molecule has 0 aromatic heterocycles. The lowest BCUT2D eigenvalue weighted by atomic mass is 10.1. The summed E-state index contributed by atoms with van der Waals surface area (Å²) >= 11 is 1.70. The molecule has 23 heavy (non-hydrogen) atoms. The minimum atomic E-state index is -0.338. The highest BCUT2D eigenvalue weighted by atomic mass is 32.2. The third-order valence-electron chi connectivity index (χ3n) is 2.92. The van der Waals surface area contributed by atoms with Gasteiger partial charge in [-0.2, -0.15) is 0 Å². The van der Waals surface area contributed by atoms with E-state index in [2.05, 4.69) is 24.0 Å². The molecule has 0 unspecified atom stereocenters. The van der Waals surface area contributed by atoms with Gasteiger partial charge in [0.1, 0.15) is 0 Å². The molecule has 0 amide bonds. The summed E-state index contributed by atoms with van der Waals surface area (Å²) in [4.78, 5) is 12.6. The molecule has 2 aromatic carbocycles. The van der Waals surface area contributed by atoms with Crippen LogP contribution >= 0.6 is 11.8 Å². The first-order valence-corrected chi connectivity index (χ1v) is 8.38. The van der Waals surface area contributed by atoms with Crippen LogP contribution < -0.4 is 0 Å². The molecular weight excluding hydrogens is 304 g/mol. The van der Waals surface area contributed by atoms with Gasteiger partial charge >= 0.3 is 5.97 Å². The van der Waals surface area contributed by atoms with Crippen LogP contribution in [0.2, 0.25) is 0 Å². The molecule has 2 rings (SSSR count). The van der Waals surface area contributed by atoms with Crippen LogP contribution in [0.5, 0.6) is 0 Å². The zero-order chi connectivity index (χ0) is 16.3. The van der Waals surface area contributed by atoms with Gasteiger partial charge < -0.3 is 4.74 Å². The van der Waals surface area contributed by atoms with Crippen LogP contribution in [0.4, 0.5) is 0 Å². The molecule has 0 atom stereocenters. The molecule has 0 N–H and O–H groups in total. The summed E-state index contributed by atoms with van der Waals surface area (Å²) in [6.07, 6.45) is 3.18. The predicted molar refractivity (Wildman–Crippen MR) is 96.2 cm³/mol. The highest BCUT2D eigenvalue weighted by Gasteiger charge is 1.97. The van der Waals surface area contributed by atoms with Gasteiger partial charge in [-0.25, -0.2) is 4.79 Å². The molecule has 0 aliphatic carbocycles. The Kier molecular flexibility index (Phi) is 7.03. The fraction of sp³-hybridized carbons (Fsp3) is 0.150. The van der Waals surface area contributed by atoms with E-state index in [1.807, 2.05) is 42.5 Å². The topological polar surface area (TPSA) is 26.3 Å². The van der Waals surface area contributed by atoms with Crippen LogP contribution in [0.3, 0.4) is 0 Å². The van der Waals surface area contributed by atoms with Crippen molar-refractivity contribution in [1.29, 1.82) is 0 Å². The number of esters is 1. The van der Waals surface area contributed by atoms with E-state index in [0.717, 1.165) is 16.9 Å². The van der Waals surface area contributed by atoms with Crippen LogP contribution in [-0.2, 0) is 9.53 Å². The Morgan fingerprint density at radius 1 is 1.13 bits per heavy atom. The lowest BCUT2D eigenvalue weighted by molar-refractivity contribution is -0.137. The van der Waals surface area contributed by atoms with Gasteiger partial charge in [0.05, 0.1) is 12.4 Å². The van der Waals surface area contributed by atoms with Crippen LogP contribution in [-0.4, -0.2) is 18.3 Å². The Bertz CT molecular complexity index is 724. The van der Waals surface area contributed by atoms with Crippen molar-refractivity contribution in [2.24, 2.45) is 0 Å². The van der Waals surface area contributed by atoms with E-state index >= 15 is 0 Å². The molecule has 0 spiro atoms. The molecule has 116 valence electrons.